The third kappa shape index (κ3) is 13.7. The first-order valence-corrected chi connectivity index (χ1v) is 10.7. The number of hydrogen-bond acceptors (Lipinski definition) is 6. The zero-order chi connectivity index (χ0) is 21.7. The highest BCUT2D eigenvalue weighted by molar-refractivity contribution is 9.09. The van der Waals surface area contributed by atoms with Gasteiger partial charge in [-0.25, -0.2) is 15.2 Å². The number of rotatable bonds is 12. The molecule has 0 fully saturated rings. The molecular formula is C18H36BrN5O4. The number of amides is 3. The first-order chi connectivity index (χ1) is 13.0. The van der Waals surface area contributed by atoms with Crippen LogP contribution in [-0.4, -0.2) is 72.1 Å². The Labute approximate surface area is 177 Å². The molecular weight excluding hydrogens is 430 g/mol. The Kier molecular flexibility index (Phi) is 13.0. The van der Waals surface area contributed by atoms with Gasteiger partial charge in [-0.2, -0.15) is 0 Å². The monoisotopic (exact) mass is 465 g/mol. The molecule has 0 heterocycles. The fraction of sp³-hybridized carbons (Fsp3) is 0.833. The van der Waals surface area contributed by atoms with E-state index in [9.17, 15) is 14.4 Å². The maximum Gasteiger partial charge on any atom is 0.407 e. The van der Waals surface area contributed by atoms with Crippen molar-refractivity contribution in [2.24, 2.45) is 5.92 Å². The number of ether oxygens (including phenoxy) is 1. The first kappa shape index (κ1) is 26.6. The molecule has 0 aromatic carbocycles. The second-order valence-corrected chi connectivity index (χ2v) is 8.41. The quantitative estimate of drug-likeness (QED) is 0.230. The van der Waals surface area contributed by atoms with Gasteiger partial charge in [0.2, 0.25) is 5.91 Å². The van der Waals surface area contributed by atoms with Gasteiger partial charge in [0.25, 0.3) is 5.91 Å². The molecule has 0 saturated heterocycles. The third-order valence-corrected chi connectivity index (χ3v) is 3.88. The van der Waals surface area contributed by atoms with E-state index < -0.39 is 11.7 Å². The molecule has 0 aromatic heterocycles. The average Bonchev–Trinajstić information content (AvgIpc) is 2.57. The largest absolute Gasteiger partial charge is 0.444 e. The smallest absolute Gasteiger partial charge is 0.407 e. The number of hydrogen-bond donors (Lipinski definition) is 3. The summed E-state index contributed by atoms with van der Waals surface area (Å²) in [7, 11) is 1.70. The molecule has 0 radical (unpaired) electrons. The topological polar surface area (TPSA) is 103 Å². The van der Waals surface area contributed by atoms with Crippen LogP contribution in [0.15, 0.2) is 0 Å². The van der Waals surface area contributed by atoms with Gasteiger partial charge in [0.05, 0.1) is 11.9 Å². The Hall–Kier alpha value is -1.39. The molecule has 10 heteroatoms. The number of unbranched alkanes of at least 4 members (excludes halogenated alkanes) is 1. The number of hydrazine groups is 2. The minimum atomic E-state index is -0.531. The van der Waals surface area contributed by atoms with Crippen LogP contribution < -0.4 is 16.2 Å². The van der Waals surface area contributed by atoms with E-state index in [1.54, 1.807) is 17.1 Å². The zero-order valence-corrected chi connectivity index (χ0v) is 19.5. The lowest BCUT2D eigenvalue weighted by molar-refractivity contribution is -0.137. The summed E-state index contributed by atoms with van der Waals surface area (Å²) in [5, 5.41) is 5.99. The molecule has 3 N–H and O–H groups in total. The molecule has 0 atom stereocenters. The Morgan fingerprint density at radius 3 is 2.29 bits per heavy atom. The Balaban J connectivity index is 4.47. The predicted molar refractivity (Wildman–Crippen MR) is 113 cm³/mol. The maximum atomic E-state index is 12.5. The number of nitrogens with one attached hydrogen (secondary N) is 3. The molecule has 164 valence electrons. The number of alkyl carbamates (subject to hydrolysis) is 1. The highest BCUT2D eigenvalue weighted by Gasteiger charge is 2.19. The van der Waals surface area contributed by atoms with Crippen LogP contribution in [0.4, 0.5) is 4.79 Å². The van der Waals surface area contributed by atoms with E-state index in [1.165, 1.54) is 0 Å². The lowest BCUT2D eigenvalue weighted by Crippen LogP contribution is -2.52. The van der Waals surface area contributed by atoms with E-state index in [4.69, 9.17) is 4.74 Å². The number of alkyl halides is 1. The second kappa shape index (κ2) is 13.7. The zero-order valence-electron chi connectivity index (χ0n) is 17.9. The van der Waals surface area contributed by atoms with Crippen molar-refractivity contribution in [2.45, 2.75) is 53.1 Å². The molecule has 0 aliphatic carbocycles. The average molecular weight is 466 g/mol. The minimum absolute atomic E-state index is 0.0613. The van der Waals surface area contributed by atoms with Crippen LogP contribution in [0.2, 0.25) is 0 Å². The lowest BCUT2D eigenvalue weighted by atomic mass is 10.2. The van der Waals surface area contributed by atoms with Crippen molar-refractivity contribution in [3.05, 3.63) is 0 Å². The van der Waals surface area contributed by atoms with Gasteiger partial charge in [-0.1, -0.05) is 29.8 Å². The Morgan fingerprint density at radius 1 is 1.14 bits per heavy atom. The highest BCUT2D eigenvalue weighted by Crippen LogP contribution is 2.06. The van der Waals surface area contributed by atoms with Crippen molar-refractivity contribution >= 4 is 33.8 Å². The molecule has 0 unspecified atom stereocenters. The molecule has 3 amide bonds. The Bertz CT molecular complexity index is 497. The standard InChI is InChI=1S/C18H36BrN5O4/c1-14(2)12-24(20-6)16(26)13-23(22-15(25)11-19)10-8-7-9-21-17(27)28-18(3,4)5/h14,20H,7-13H2,1-6H3,(H,21,27)(H,22,25). The molecule has 0 spiro atoms. The third-order valence-electron chi connectivity index (χ3n) is 3.37. The van der Waals surface area contributed by atoms with Gasteiger partial charge >= 0.3 is 6.09 Å². The molecule has 0 aliphatic rings. The number of nitrogens with zero attached hydrogens (tertiary/aromatic N) is 2. The molecule has 0 saturated carbocycles. The second-order valence-electron chi connectivity index (χ2n) is 7.85. The summed E-state index contributed by atoms with van der Waals surface area (Å²) >= 11 is 3.11. The van der Waals surface area contributed by atoms with Crippen LogP contribution in [0, 0.1) is 5.92 Å². The lowest BCUT2D eigenvalue weighted by Gasteiger charge is -2.28. The van der Waals surface area contributed by atoms with Crippen LogP contribution in [0.5, 0.6) is 0 Å². The van der Waals surface area contributed by atoms with E-state index in [0.717, 1.165) is 0 Å². The van der Waals surface area contributed by atoms with Crippen molar-refractivity contribution in [2.75, 3.05) is 38.6 Å². The van der Waals surface area contributed by atoms with Crippen molar-refractivity contribution in [3.8, 4) is 0 Å². The van der Waals surface area contributed by atoms with Gasteiger partial charge in [-0.3, -0.25) is 20.0 Å². The highest BCUT2D eigenvalue weighted by atomic mass is 79.9. The van der Waals surface area contributed by atoms with Gasteiger partial charge in [0, 0.05) is 26.7 Å². The predicted octanol–water partition coefficient (Wildman–Crippen LogP) is 1.64. The van der Waals surface area contributed by atoms with Crippen LogP contribution in [0.1, 0.15) is 47.5 Å². The summed E-state index contributed by atoms with van der Waals surface area (Å²) < 4.78 is 5.18. The van der Waals surface area contributed by atoms with Gasteiger partial charge in [-0.05, 0) is 39.5 Å². The van der Waals surface area contributed by atoms with E-state index in [-0.39, 0.29) is 23.7 Å². The van der Waals surface area contributed by atoms with Crippen molar-refractivity contribution < 1.29 is 19.1 Å². The molecule has 28 heavy (non-hydrogen) atoms. The summed E-state index contributed by atoms with van der Waals surface area (Å²) in [5.74, 6) is -0.0292. The minimum Gasteiger partial charge on any atom is -0.444 e. The summed E-state index contributed by atoms with van der Waals surface area (Å²) in [6.07, 6.45) is 0.927. The summed E-state index contributed by atoms with van der Waals surface area (Å²) in [5.41, 5.74) is 5.08. The molecule has 0 rings (SSSR count). The first-order valence-electron chi connectivity index (χ1n) is 9.53. The summed E-state index contributed by atoms with van der Waals surface area (Å²) in [6, 6.07) is 0. The molecule has 9 nitrogen and oxygen atoms in total. The molecule has 0 aromatic rings. The van der Waals surface area contributed by atoms with Crippen molar-refractivity contribution in [1.82, 2.24) is 26.2 Å². The normalized spacial score (nSPS) is 11.5. The van der Waals surface area contributed by atoms with Crippen molar-refractivity contribution in [3.63, 3.8) is 0 Å². The van der Waals surface area contributed by atoms with E-state index in [1.807, 2.05) is 34.6 Å². The SMILES string of the molecule is CNN(CC(C)C)C(=O)CN(CCCCNC(=O)OC(C)(C)C)NC(=O)CBr. The number of carbonyl (C=O) groups excluding carboxylic acids is 3. The molecule has 0 bridgehead atoms. The van der Waals surface area contributed by atoms with Gasteiger partial charge in [0.1, 0.15) is 5.60 Å². The van der Waals surface area contributed by atoms with E-state index in [0.29, 0.717) is 38.4 Å². The molecule has 0 aliphatic heterocycles. The van der Waals surface area contributed by atoms with E-state index in [2.05, 4.69) is 32.1 Å². The van der Waals surface area contributed by atoms with Crippen molar-refractivity contribution in [1.29, 1.82) is 0 Å². The van der Waals surface area contributed by atoms with Crippen LogP contribution in [-0.2, 0) is 14.3 Å². The Morgan fingerprint density at radius 2 is 1.79 bits per heavy atom. The maximum absolute atomic E-state index is 12.5. The summed E-state index contributed by atoms with van der Waals surface area (Å²) in [4.78, 5) is 35.8. The van der Waals surface area contributed by atoms with Gasteiger partial charge in [-0.15, -0.1) is 0 Å². The fourth-order valence-electron chi connectivity index (χ4n) is 2.24. The van der Waals surface area contributed by atoms with Crippen LogP contribution in [0.3, 0.4) is 0 Å². The van der Waals surface area contributed by atoms with E-state index >= 15 is 0 Å². The summed E-state index contributed by atoms with van der Waals surface area (Å²) in [6.45, 7) is 11.1. The number of halogens is 1. The fourth-order valence-corrected chi connectivity index (χ4v) is 2.37. The number of carbonyl (C=O) groups is 3. The van der Waals surface area contributed by atoms with Gasteiger partial charge in [0.15, 0.2) is 0 Å². The van der Waals surface area contributed by atoms with Gasteiger partial charge < -0.3 is 10.1 Å². The van der Waals surface area contributed by atoms with Crippen LogP contribution >= 0.6 is 15.9 Å². The van der Waals surface area contributed by atoms with Crippen LogP contribution in [0.25, 0.3) is 0 Å².